The molecule has 0 aromatic heterocycles. The fraction of sp³-hybridized carbons (Fsp3) is 0.250. The number of primary amides is 1. The molecule has 0 saturated heterocycles. The van der Waals surface area contributed by atoms with Gasteiger partial charge < -0.3 is 10.8 Å². The molecule has 2 aliphatic rings. The molecule has 2 aromatic rings. The van der Waals surface area contributed by atoms with Crippen molar-refractivity contribution < 1.29 is 9.90 Å². The summed E-state index contributed by atoms with van der Waals surface area (Å²) in [6, 6.07) is 9.41. The maximum absolute atomic E-state index is 13.1. The van der Waals surface area contributed by atoms with Crippen molar-refractivity contribution in [2.45, 2.75) is 26.2 Å². The van der Waals surface area contributed by atoms with E-state index < -0.39 is 11.6 Å². The summed E-state index contributed by atoms with van der Waals surface area (Å²) in [7, 11) is 0. The predicted octanol–water partition coefficient (Wildman–Crippen LogP) is 4.61. The third-order valence-electron chi connectivity index (χ3n) is 5.60. The lowest BCUT2D eigenvalue weighted by molar-refractivity contribution is 0.249. The normalized spacial score (nSPS) is 11.4. The number of rotatable bonds is 7. The number of nitrogens with zero attached hydrogens (tertiary/aromatic N) is 4. The van der Waals surface area contributed by atoms with E-state index in [1.54, 1.807) is 41.1 Å². The van der Waals surface area contributed by atoms with Crippen molar-refractivity contribution in [3.05, 3.63) is 78.9 Å². The smallest absolute Gasteiger partial charge is 0.319 e. The van der Waals surface area contributed by atoms with E-state index in [-0.39, 0.29) is 25.5 Å². The van der Waals surface area contributed by atoms with E-state index in [0.717, 1.165) is 5.56 Å². The zero-order valence-electron chi connectivity index (χ0n) is 19.4. The molecule has 2 amide bonds. The number of hydrogen-bond acceptors (Lipinski definition) is 5. The van der Waals surface area contributed by atoms with E-state index in [9.17, 15) is 14.7 Å². The molecule has 0 unspecified atom stereocenters. The number of benzene rings is 2. The second-order valence-corrected chi connectivity index (χ2v) is 9.68. The number of aromatic nitrogens is 4. The molecule has 0 fully saturated rings. The Morgan fingerprint density at radius 2 is 1.78 bits per heavy atom. The Balaban J connectivity index is 1.78. The molecule has 12 heteroatoms. The first kappa shape index (κ1) is 26.0. The van der Waals surface area contributed by atoms with Gasteiger partial charge in [-0.3, -0.25) is 14.8 Å². The number of carbonyl (C=O) groups is 1. The number of aliphatic hydroxyl groups excluding tert-OH is 1. The van der Waals surface area contributed by atoms with Crippen LogP contribution >= 0.6 is 34.8 Å². The highest BCUT2D eigenvalue weighted by molar-refractivity contribution is 6.40. The van der Waals surface area contributed by atoms with E-state index in [2.05, 4.69) is 15.1 Å². The standard InChI is InChI=1S/C24H23Cl3N6O3/c1-12(2)20-19-22(33(31-20)21-16(26)10-14(25)11-17(21)27)29-18(30-23(19)35)9-13-3-5-15(6-4-13)32(7-8-34)24(28)36/h3-6,10-12,31,34H,7-9H2,1-2H3,(H2,28,36). The van der Waals surface area contributed by atoms with Gasteiger partial charge in [-0.05, 0) is 35.7 Å². The van der Waals surface area contributed by atoms with Gasteiger partial charge in [0.1, 0.15) is 17.1 Å². The van der Waals surface area contributed by atoms with Crippen LogP contribution in [0.5, 0.6) is 0 Å². The molecule has 2 aromatic carbocycles. The molecule has 4 N–H and O–H groups in total. The Morgan fingerprint density at radius 3 is 2.33 bits per heavy atom. The molecule has 188 valence electrons. The summed E-state index contributed by atoms with van der Waals surface area (Å²) in [5, 5.41) is 13.4. The SMILES string of the molecule is CC(C)c1[nH]n(-c2c(Cl)cc(Cl)cc2Cl)c2nc(Cc3ccc(N(CCO)C(N)=O)cc3)nc(=O)c1-2. The highest BCUT2D eigenvalue weighted by atomic mass is 35.5. The van der Waals surface area contributed by atoms with Crippen molar-refractivity contribution in [3.8, 4) is 17.1 Å². The van der Waals surface area contributed by atoms with Gasteiger partial charge in [0.15, 0.2) is 5.82 Å². The van der Waals surface area contributed by atoms with Crippen LogP contribution in [0.2, 0.25) is 15.1 Å². The minimum Gasteiger partial charge on any atom is -0.395 e. The summed E-state index contributed by atoms with van der Waals surface area (Å²) in [6.07, 6.45) is 0.256. The first-order valence-corrected chi connectivity index (χ1v) is 12.2. The maximum atomic E-state index is 13.1. The fourth-order valence-electron chi connectivity index (χ4n) is 3.95. The number of anilines is 1. The molecule has 0 radical (unpaired) electrons. The number of amides is 2. The van der Waals surface area contributed by atoms with Crippen molar-refractivity contribution in [2.75, 3.05) is 18.1 Å². The highest BCUT2D eigenvalue weighted by Crippen LogP contribution is 2.36. The van der Waals surface area contributed by atoms with Gasteiger partial charge in [-0.2, -0.15) is 4.98 Å². The zero-order valence-corrected chi connectivity index (χ0v) is 21.7. The zero-order chi connectivity index (χ0) is 26.1. The van der Waals surface area contributed by atoms with Crippen molar-refractivity contribution in [3.63, 3.8) is 0 Å². The first-order chi connectivity index (χ1) is 17.1. The van der Waals surface area contributed by atoms with Gasteiger partial charge in [-0.15, -0.1) is 0 Å². The van der Waals surface area contributed by atoms with Crippen molar-refractivity contribution in [2.24, 2.45) is 5.73 Å². The molecule has 0 aliphatic carbocycles. The molecule has 9 nitrogen and oxygen atoms in total. The summed E-state index contributed by atoms with van der Waals surface area (Å²) in [4.78, 5) is 34.9. The molecule has 0 atom stereocenters. The predicted molar refractivity (Wildman–Crippen MR) is 141 cm³/mol. The Kier molecular flexibility index (Phi) is 7.56. The number of carbonyl (C=O) groups excluding carboxylic acids is 1. The number of aromatic amines is 1. The molecule has 2 aliphatic heterocycles. The van der Waals surface area contributed by atoms with E-state index >= 15 is 0 Å². The lowest BCUT2D eigenvalue weighted by atomic mass is 10.1. The molecular weight excluding hydrogens is 527 g/mol. The molecule has 2 heterocycles. The largest absolute Gasteiger partial charge is 0.395 e. The number of halogens is 3. The maximum Gasteiger partial charge on any atom is 0.319 e. The van der Waals surface area contributed by atoms with Gasteiger partial charge in [-0.25, -0.2) is 14.5 Å². The number of nitrogens with one attached hydrogen (secondary N) is 1. The van der Waals surface area contributed by atoms with Crippen LogP contribution < -0.4 is 16.2 Å². The number of urea groups is 1. The van der Waals surface area contributed by atoms with Crippen LogP contribution in [0, 0.1) is 0 Å². The Hall–Kier alpha value is -3.11. The van der Waals surface area contributed by atoms with Gasteiger partial charge in [-0.1, -0.05) is 60.8 Å². The van der Waals surface area contributed by atoms with Gasteiger partial charge in [0.05, 0.1) is 28.9 Å². The van der Waals surface area contributed by atoms with Gasteiger partial charge in [0, 0.05) is 17.1 Å². The van der Waals surface area contributed by atoms with Gasteiger partial charge in [0.2, 0.25) is 0 Å². The molecule has 36 heavy (non-hydrogen) atoms. The van der Waals surface area contributed by atoms with E-state index in [1.165, 1.54) is 4.90 Å². The summed E-state index contributed by atoms with van der Waals surface area (Å²) < 4.78 is 1.58. The first-order valence-electron chi connectivity index (χ1n) is 11.0. The second kappa shape index (κ2) is 10.5. The Labute approximate surface area is 221 Å². The van der Waals surface area contributed by atoms with Crippen molar-refractivity contribution in [1.29, 1.82) is 0 Å². The minimum absolute atomic E-state index is 0.0274. The Bertz CT molecular complexity index is 1430. The molecular formula is C24H23Cl3N6O3. The van der Waals surface area contributed by atoms with Crippen LogP contribution in [-0.4, -0.2) is 44.0 Å². The van der Waals surface area contributed by atoms with Crippen molar-refractivity contribution in [1.82, 2.24) is 19.7 Å². The summed E-state index contributed by atoms with van der Waals surface area (Å²) >= 11 is 19.0. The highest BCUT2D eigenvalue weighted by Gasteiger charge is 2.27. The molecule has 0 spiro atoms. The summed E-state index contributed by atoms with van der Waals surface area (Å²) in [5.74, 6) is 0.617. The Morgan fingerprint density at radius 1 is 1.14 bits per heavy atom. The number of nitrogens with two attached hydrogens (primary N) is 1. The second-order valence-electron chi connectivity index (χ2n) is 8.43. The number of hydrogen-bond donors (Lipinski definition) is 3. The summed E-state index contributed by atoms with van der Waals surface area (Å²) in [5.41, 5.74) is 7.74. The van der Waals surface area contributed by atoms with Crippen LogP contribution in [0.15, 0.2) is 41.2 Å². The van der Waals surface area contributed by atoms with E-state index in [0.29, 0.717) is 49.3 Å². The summed E-state index contributed by atoms with van der Waals surface area (Å²) in [6.45, 7) is 3.75. The van der Waals surface area contributed by atoms with Gasteiger partial charge >= 0.3 is 6.03 Å². The van der Waals surface area contributed by atoms with Crippen LogP contribution in [0.3, 0.4) is 0 Å². The monoisotopic (exact) mass is 548 g/mol. The van der Waals surface area contributed by atoms with Crippen LogP contribution in [0.4, 0.5) is 10.5 Å². The number of fused-ring (bicyclic) bond motifs is 1. The number of H-pyrrole nitrogens is 1. The molecule has 0 bridgehead atoms. The number of aliphatic hydroxyl groups is 1. The third kappa shape index (κ3) is 5.05. The molecule has 0 saturated carbocycles. The average Bonchev–Trinajstić information content (AvgIpc) is 3.17. The van der Waals surface area contributed by atoms with E-state index in [1.807, 2.05) is 13.8 Å². The topological polar surface area (TPSA) is 130 Å². The minimum atomic E-state index is -0.668. The van der Waals surface area contributed by atoms with Crippen LogP contribution in [0.1, 0.15) is 36.8 Å². The fourth-order valence-corrected chi connectivity index (χ4v) is 4.93. The molecule has 4 rings (SSSR count). The third-order valence-corrected chi connectivity index (χ3v) is 6.39. The van der Waals surface area contributed by atoms with Crippen LogP contribution in [-0.2, 0) is 6.42 Å². The quantitative estimate of drug-likeness (QED) is 0.310. The van der Waals surface area contributed by atoms with Gasteiger partial charge in [0.25, 0.3) is 5.56 Å². The average molecular weight is 550 g/mol. The lowest BCUT2D eigenvalue weighted by Crippen LogP contribution is -2.37. The lowest BCUT2D eigenvalue weighted by Gasteiger charge is -2.19. The van der Waals surface area contributed by atoms with Crippen LogP contribution in [0.25, 0.3) is 17.1 Å². The van der Waals surface area contributed by atoms with Crippen molar-refractivity contribution >= 4 is 46.5 Å². The van der Waals surface area contributed by atoms with E-state index in [4.69, 9.17) is 40.5 Å².